The highest BCUT2D eigenvalue weighted by atomic mass is 16.1. The number of carbonyl (C=O) groups excluding carboxylic acids is 1. The van der Waals surface area contributed by atoms with Gasteiger partial charge < -0.3 is 11.1 Å². The van der Waals surface area contributed by atoms with Crippen molar-refractivity contribution in [2.75, 3.05) is 11.1 Å². The molecule has 0 aliphatic heterocycles. The Morgan fingerprint density at radius 3 is 2.68 bits per heavy atom. The van der Waals surface area contributed by atoms with Crippen LogP contribution in [0, 0.1) is 11.3 Å². The highest BCUT2D eigenvalue weighted by Crippen LogP contribution is 2.14. The summed E-state index contributed by atoms with van der Waals surface area (Å²) in [6, 6.07) is 10.7. The van der Waals surface area contributed by atoms with Crippen LogP contribution in [-0.2, 0) is 6.42 Å². The van der Waals surface area contributed by atoms with Gasteiger partial charge in [0.05, 0.1) is 18.1 Å². The predicted molar refractivity (Wildman–Crippen MR) is 72.4 cm³/mol. The quantitative estimate of drug-likeness (QED) is 0.873. The molecule has 1 aromatic heterocycles. The van der Waals surface area contributed by atoms with Gasteiger partial charge in [-0.1, -0.05) is 12.1 Å². The van der Waals surface area contributed by atoms with E-state index in [2.05, 4.69) is 16.4 Å². The number of nitriles is 1. The number of benzene rings is 1. The maximum Gasteiger partial charge on any atom is 0.259 e. The molecular formula is C14H12N4O. The number of anilines is 2. The third-order valence-electron chi connectivity index (χ3n) is 2.59. The zero-order chi connectivity index (χ0) is 13.7. The topological polar surface area (TPSA) is 91.8 Å². The maximum atomic E-state index is 12.0. The fourth-order valence-corrected chi connectivity index (χ4v) is 1.59. The smallest absolute Gasteiger partial charge is 0.259 e. The lowest BCUT2D eigenvalue weighted by atomic mass is 10.1. The number of pyridine rings is 1. The normalized spacial score (nSPS) is 9.63. The van der Waals surface area contributed by atoms with E-state index in [1.165, 1.54) is 12.4 Å². The van der Waals surface area contributed by atoms with Crippen LogP contribution in [0.4, 0.5) is 11.4 Å². The molecule has 0 unspecified atom stereocenters. The Kier molecular flexibility index (Phi) is 3.74. The van der Waals surface area contributed by atoms with Gasteiger partial charge >= 0.3 is 0 Å². The predicted octanol–water partition coefficient (Wildman–Crippen LogP) is 1.98. The molecule has 2 rings (SSSR count). The number of rotatable bonds is 3. The molecule has 1 heterocycles. The van der Waals surface area contributed by atoms with E-state index in [1.54, 1.807) is 30.3 Å². The summed E-state index contributed by atoms with van der Waals surface area (Å²) in [6.07, 6.45) is 3.31. The standard InChI is InChI=1S/C14H12N4O/c15-7-5-10-1-3-11(4-2-10)18-14(19)12-9-17-8-6-13(12)16/h1-4,6,8-9H,5H2,(H2,16,17)(H,18,19). The van der Waals surface area contributed by atoms with Crippen molar-refractivity contribution < 1.29 is 4.79 Å². The summed E-state index contributed by atoms with van der Waals surface area (Å²) >= 11 is 0. The SMILES string of the molecule is N#CCc1ccc(NC(=O)c2cnccc2N)cc1. The van der Waals surface area contributed by atoms with Gasteiger partial charge in [0, 0.05) is 23.8 Å². The van der Waals surface area contributed by atoms with Crippen molar-refractivity contribution in [1.82, 2.24) is 4.98 Å². The number of carbonyl (C=O) groups is 1. The third-order valence-corrected chi connectivity index (χ3v) is 2.59. The maximum absolute atomic E-state index is 12.0. The highest BCUT2D eigenvalue weighted by molar-refractivity contribution is 6.07. The van der Waals surface area contributed by atoms with E-state index in [1.807, 2.05) is 0 Å². The van der Waals surface area contributed by atoms with Gasteiger partial charge in [-0.25, -0.2) is 0 Å². The first kappa shape index (κ1) is 12.6. The van der Waals surface area contributed by atoms with Crippen molar-refractivity contribution in [3.63, 3.8) is 0 Å². The second kappa shape index (κ2) is 5.65. The average Bonchev–Trinajstić information content (AvgIpc) is 2.42. The molecular weight excluding hydrogens is 240 g/mol. The summed E-state index contributed by atoms with van der Waals surface area (Å²) in [5.41, 5.74) is 7.97. The lowest BCUT2D eigenvalue weighted by Gasteiger charge is -2.07. The van der Waals surface area contributed by atoms with Crippen molar-refractivity contribution in [3.05, 3.63) is 53.9 Å². The van der Waals surface area contributed by atoms with Crippen LogP contribution in [0.1, 0.15) is 15.9 Å². The molecule has 1 amide bonds. The van der Waals surface area contributed by atoms with Crippen LogP contribution in [-0.4, -0.2) is 10.9 Å². The van der Waals surface area contributed by atoms with E-state index in [9.17, 15) is 4.79 Å². The molecule has 5 nitrogen and oxygen atoms in total. The van der Waals surface area contributed by atoms with Crippen LogP contribution in [0.25, 0.3) is 0 Å². The summed E-state index contributed by atoms with van der Waals surface area (Å²) < 4.78 is 0. The van der Waals surface area contributed by atoms with Gasteiger partial charge in [-0.2, -0.15) is 5.26 Å². The summed E-state index contributed by atoms with van der Waals surface area (Å²) in [6.45, 7) is 0. The minimum atomic E-state index is -0.307. The molecule has 5 heteroatoms. The molecule has 0 saturated carbocycles. The third kappa shape index (κ3) is 3.07. The fourth-order valence-electron chi connectivity index (χ4n) is 1.59. The van der Waals surface area contributed by atoms with E-state index in [0.29, 0.717) is 23.4 Å². The molecule has 94 valence electrons. The Balaban J connectivity index is 2.11. The van der Waals surface area contributed by atoms with Gasteiger partial charge in [0.15, 0.2) is 0 Å². The Hall–Kier alpha value is -2.87. The van der Waals surface area contributed by atoms with Crippen molar-refractivity contribution in [3.8, 4) is 6.07 Å². The van der Waals surface area contributed by atoms with Crippen molar-refractivity contribution >= 4 is 17.3 Å². The largest absolute Gasteiger partial charge is 0.398 e. The van der Waals surface area contributed by atoms with Crippen LogP contribution in [0.3, 0.4) is 0 Å². The van der Waals surface area contributed by atoms with Crippen molar-refractivity contribution in [2.24, 2.45) is 0 Å². The van der Waals surface area contributed by atoms with Crippen LogP contribution >= 0.6 is 0 Å². The van der Waals surface area contributed by atoms with E-state index in [4.69, 9.17) is 11.0 Å². The molecule has 0 spiro atoms. The fraction of sp³-hybridized carbons (Fsp3) is 0.0714. The summed E-state index contributed by atoms with van der Waals surface area (Å²) in [4.78, 5) is 15.8. The second-order valence-corrected chi connectivity index (χ2v) is 3.95. The van der Waals surface area contributed by atoms with Gasteiger partial charge in [-0.3, -0.25) is 9.78 Å². The molecule has 0 fully saturated rings. The van der Waals surface area contributed by atoms with Crippen molar-refractivity contribution in [1.29, 1.82) is 5.26 Å². The van der Waals surface area contributed by atoms with Gasteiger partial charge in [0.2, 0.25) is 0 Å². The minimum Gasteiger partial charge on any atom is -0.398 e. The van der Waals surface area contributed by atoms with E-state index in [-0.39, 0.29) is 5.91 Å². The molecule has 0 aliphatic rings. The molecule has 3 N–H and O–H groups in total. The van der Waals surface area contributed by atoms with Crippen LogP contribution in [0.2, 0.25) is 0 Å². The lowest BCUT2D eigenvalue weighted by Crippen LogP contribution is -2.14. The average molecular weight is 252 g/mol. The number of nitrogens with two attached hydrogens (primary N) is 1. The minimum absolute atomic E-state index is 0.307. The number of nitrogens with one attached hydrogen (secondary N) is 1. The lowest BCUT2D eigenvalue weighted by molar-refractivity contribution is 0.102. The van der Waals surface area contributed by atoms with E-state index in [0.717, 1.165) is 5.56 Å². The Labute approximate surface area is 110 Å². The Morgan fingerprint density at radius 2 is 2.05 bits per heavy atom. The van der Waals surface area contributed by atoms with Gasteiger partial charge in [-0.15, -0.1) is 0 Å². The number of amides is 1. The molecule has 0 bridgehead atoms. The first-order chi connectivity index (χ1) is 9.20. The Morgan fingerprint density at radius 1 is 1.32 bits per heavy atom. The van der Waals surface area contributed by atoms with Gasteiger partial charge in [0.25, 0.3) is 5.91 Å². The number of aromatic nitrogens is 1. The number of nitrogens with zero attached hydrogens (tertiary/aromatic N) is 2. The van der Waals surface area contributed by atoms with E-state index >= 15 is 0 Å². The van der Waals surface area contributed by atoms with Gasteiger partial charge in [-0.05, 0) is 23.8 Å². The first-order valence-corrected chi connectivity index (χ1v) is 5.67. The molecule has 0 saturated heterocycles. The number of hydrogen-bond donors (Lipinski definition) is 2. The monoisotopic (exact) mass is 252 g/mol. The molecule has 19 heavy (non-hydrogen) atoms. The molecule has 0 atom stereocenters. The first-order valence-electron chi connectivity index (χ1n) is 5.67. The van der Waals surface area contributed by atoms with Crippen molar-refractivity contribution in [2.45, 2.75) is 6.42 Å². The zero-order valence-electron chi connectivity index (χ0n) is 10.1. The van der Waals surface area contributed by atoms with E-state index < -0.39 is 0 Å². The molecule has 2 aromatic rings. The van der Waals surface area contributed by atoms with Crippen LogP contribution < -0.4 is 11.1 Å². The molecule has 0 radical (unpaired) electrons. The van der Waals surface area contributed by atoms with Gasteiger partial charge in [0.1, 0.15) is 0 Å². The highest BCUT2D eigenvalue weighted by Gasteiger charge is 2.09. The zero-order valence-corrected chi connectivity index (χ0v) is 10.1. The second-order valence-electron chi connectivity index (χ2n) is 3.95. The molecule has 1 aromatic carbocycles. The van der Waals surface area contributed by atoms with Crippen LogP contribution in [0.5, 0.6) is 0 Å². The number of nitrogen functional groups attached to an aromatic ring is 1. The Bertz CT molecular complexity index is 629. The molecule has 0 aliphatic carbocycles. The summed E-state index contributed by atoms with van der Waals surface area (Å²) in [5.74, 6) is -0.307. The number of hydrogen-bond acceptors (Lipinski definition) is 4. The summed E-state index contributed by atoms with van der Waals surface area (Å²) in [7, 11) is 0. The van der Waals surface area contributed by atoms with Crippen LogP contribution in [0.15, 0.2) is 42.7 Å². The summed E-state index contributed by atoms with van der Waals surface area (Å²) in [5, 5.41) is 11.3.